The topological polar surface area (TPSA) is 66.8 Å². The summed E-state index contributed by atoms with van der Waals surface area (Å²) in [7, 11) is 0. The Bertz CT molecular complexity index is 1200. The van der Waals surface area contributed by atoms with Crippen molar-refractivity contribution >= 4 is 23.5 Å². The first-order valence-corrected chi connectivity index (χ1v) is 11.5. The lowest BCUT2D eigenvalue weighted by molar-refractivity contribution is 0.0686. The van der Waals surface area contributed by atoms with Crippen LogP contribution in [0.4, 0.5) is 0 Å². The van der Waals surface area contributed by atoms with Crippen LogP contribution in [0, 0.1) is 0 Å². The molecule has 1 aliphatic rings. The maximum Gasteiger partial charge on any atom is 0.337 e. The molecule has 0 atom stereocenters. The fraction of sp³-hybridized carbons (Fsp3) is 0.259. The van der Waals surface area contributed by atoms with E-state index in [1.807, 2.05) is 47.4 Å². The molecule has 1 aliphatic heterocycles. The van der Waals surface area contributed by atoms with Crippen molar-refractivity contribution in [2.24, 2.45) is 0 Å². The van der Waals surface area contributed by atoms with Gasteiger partial charge in [-0.05, 0) is 71.5 Å². The molecule has 0 bridgehead atoms. The molecule has 3 aromatic carbocycles. The smallest absolute Gasteiger partial charge is 0.337 e. The average Bonchev–Trinajstić information content (AvgIpc) is 3.14. The molecular formula is C27H26ClNO4. The number of carbonyl (C=O) groups excluding carboxylic acids is 1. The highest BCUT2D eigenvalue weighted by molar-refractivity contribution is 6.33. The number of amides is 1. The highest BCUT2D eigenvalue weighted by Crippen LogP contribution is 2.30. The van der Waals surface area contributed by atoms with Gasteiger partial charge in [0.15, 0.2) is 0 Å². The number of halogens is 1. The van der Waals surface area contributed by atoms with Crippen molar-refractivity contribution in [2.75, 3.05) is 0 Å². The number of hydrogen-bond donors (Lipinski definition) is 1. The molecule has 4 rings (SSSR count). The maximum atomic E-state index is 12.7. The van der Waals surface area contributed by atoms with Crippen LogP contribution in [-0.4, -0.2) is 27.9 Å². The van der Waals surface area contributed by atoms with Crippen LogP contribution in [0.25, 0.3) is 11.1 Å². The Balaban J connectivity index is 1.48. The first-order valence-electron chi connectivity index (χ1n) is 11.1. The quantitative estimate of drug-likeness (QED) is 0.418. The van der Waals surface area contributed by atoms with Gasteiger partial charge < -0.3 is 14.7 Å². The SMILES string of the molecule is CCC(CC)N1Cc2cc(OCc3cccc(-c4ccc(Cl)c(C(=O)O)c4)c3)ccc2C1=O. The molecule has 0 saturated carbocycles. The van der Waals surface area contributed by atoms with Crippen LogP contribution >= 0.6 is 11.6 Å². The molecule has 0 unspecified atom stereocenters. The van der Waals surface area contributed by atoms with E-state index in [9.17, 15) is 14.7 Å². The fourth-order valence-electron chi connectivity index (χ4n) is 4.31. The lowest BCUT2D eigenvalue weighted by Gasteiger charge is -2.25. The molecule has 0 aromatic heterocycles. The second-order valence-electron chi connectivity index (χ2n) is 8.21. The van der Waals surface area contributed by atoms with Gasteiger partial charge in [-0.15, -0.1) is 0 Å². The average molecular weight is 464 g/mol. The normalized spacial score (nSPS) is 12.8. The molecule has 0 radical (unpaired) electrons. The van der Waals surface area contributed by atoms with Gasteiger partial charge in [-0.25, -0.2) is 4.79 Å². The van der Waals surface area contributed by atoms with Crippen LogP contribution in [0.3, 0.4) is 0 Å². The molecule has 0 spiro atoms. The number of benzene rings is 3. The number of nitrogens with zero attached hydrogens (tertiary/aromatic N) is 1. The highest BCUT2D eigenvalue weighted by Gasteiger charge is 2.31. The maximum absolute atomic E-state index is 12.7. The van der Waals surface area contributed by atoms with E-state index in [1.54, 1.807) is 18.2 Å². The van der Waals surface area contributed by atoms with Crippen LogP contribution in [-0.2, 0) is 13.2 Å². The van der Waals surface area contributed by atoms with Crippen LogP contribution in [0.2, 0.25) is 5.02 Å². The lowest BCUT2D eigenvalue weighted by atomic mass is 10.0. The van der Waals surface area contributed by atoms with Crippen molar-refractivity contribution in [3.63, 3.8) is 0 Å². The minimum atomic E-state index is -1.06. The number of hydrogen-bond acceptors (Lipinski definition) is 3. The van der Waals surface area contributed by atoms with Gasteiger partial charge in [-0.1, -0.05) is 49.7 Å². The van der Waals surface area contributed by atoms with Gasteiger partial charge >= 0.3 is 5.97 Å². The van der Waals surface area contributed by atoms with Gasteiger partial charge in [0.1, 0.15) is 12.4 Å². The van der Waals surface area contributed by atoms with E-state index in [0.717, 1.165) is 46.4 Å². The van der Waals surface area contributed by atoms with E-state index in [-0.39, 0.29) is 22.5 Å². The summed E-state index contributed by atoms with van der Waals surface area (Å²) in [4.78, 5) is 26.1. The van der Waals surface area contributed by atoms with Crippen LogP contribution in [0.1, 0.15) is 58.5 Å². The van der Waals surface area contributed by atoms with Crippen molar-refractivity contribution in [3.8, 4) is 16.9 Å². The summed E-state index contributed by atoms with van der Waals surface area (Å²) < 4.78 is 6.03. The summed E-state index contributed by atoms with van der Waals surface area (Å²) in [6, 6.07) is 18.7. The third-order valence-corrected chi connectivity index (χ3v) is 6.48. The van der Waals surface area contributed by atoms with Crippen molar-refractivity contribution < 1.29 is 19.4 Å². The largest absolute Gasteiger partial charge is 0.489 e. The van der Waals surface area contributed by atoms with Crippen LogP contribution in [0.15, 0.2) is 60.7 Å². The standard InChI is InChI=1S/C27H26ClNO4/c1-3-21(4-2)29-15-20-13-22(9-10-23(20)26(29)30)33-16-17-6-5-7-18(12-17)19-8-11-25(28)24(14-19)27(31)32/h5-14,21H,3-4,15-16H2,1-2H3,(H,31,32). The Morgan fingerprint density at radius 3 is 2.55 bits per heavy atom. The molecule has 6 heteroatoms. The predicted octanol–water partition coefficient (Wildman–Crippen LogP) is 6.43. The van der Waals surface area contributed by atoms with Gasteiger partial charge in [0, 0.05) is 18.2 Å². The van der Waals surface area contributed by atoms with Gasteiger partial charge in [0.25, 0.3) is 5.91 Å². The third kappa shape index (κ3) is 4.74. The zero-order valence-electron chi connectivity index (χ0n) is 18.7. The summed E-state index contributed by atoms with van der Waals surface area (Å²) in [6.45, 7) is 5.20. The van der Waals surface area contributed by atoms with E-state index in [2.05, 4.69) is 13.8 Å². The Morgan fingerprint density at radius 1 is 1.06 bits per heavy atom. The summed E-state index contributed by atoms with van der Waals surface area (Å²) in [5.41, 5.74) is 4.45. The molecule has 0 fully saturated rings. The van der Waals surface area contributed by atoms with E-state index in [0.29, 0.717) is 13.2 Å². The Kier molecular flexibility index (Phi) is 6.70. The third-order valence-electron chi connectivity index (χ3n) is 6.15. The zero-order valence-corrected chi connectivity index (χ0v) is 19.4. The molecule has 1 amide bonds. The van der Waals surface area contributed by atoms with Gasteiger partial charge in [-0.3, -0.25) is 4.79 Å². The number of carboxylic acid groups (broad SMARTS) is 1. The molecule has 33 heavy (non-hydrogen) atoms. The molecule has 5 nitrogen and oxygen atoms in total. The molecule has 1 N–H and O–H groups in total. The number of aromatic carboxylic acids is 1. The monoisotopic (exact) mass is 463 g/mol. The second kappa shape index (κ2) is 9.67. The van der Waals surface area contributed by atoms with Gasteiger partial charge in [0.05, 0.1) is 10.6 Å². The number of fused-ring (bicyclic) bond motifs is 1. The number of ether oxygens (including phenoxy) is 1. The van der Waals surface area contributed by atoms with Crippen molar-refractivity contribution in [2.45, 2.75) is 45.9 Å². The van der Waals surface area contributed by atoms with Gasteiger partial charge in [-0.2, -0.15) is 0 Å². The molecular weight excluding hydrogens is 438 g/mol. The first kappa shape index (κ1) is 22.9. The van der Waals surface area contributed by atoms with E-state index >= 15 is 0 Å². The van der Waals surface area contributed by atoms with E-state index < -0.39 is 5.97 Å². The molecule has 0 aliphatic carbocycles. The molecule has 170 valence electrons. The summed E-state index contributed by atoms with van der Waals surface area (Å²) in [6.07, 6.45) is 1.88. The predicted molar refractivity (Wildman–Crippen MR) is 129 cm³/mol. The number of rotatable bonds is 8. The second-order valence-corrected chi connectivity index (χ2v) is 8.62. The van der Waals surface area contributed by atoms with Crippen molar-refractivity contribution in [1.29, 1.82) is 0 Å². The Morgan fingerprint density at radius 2 is 1.82 bits per heavy atom. The summed E-state index contributed by atoms with van der Waals surface area (Å²) in [5.74, 6) is -0.237. The highest BCUT2D eigenvalue weighted by atomic mass is 35.5. The molecule has 3 aromatic rings. The van der Waals surface area contributed by atoms with E-state index in [1.165, 1.54) is 0 Å². The van der Waals surface area contributed by atoms with Crippen LogP contribution in [0.5, 0.6) is 5.75 Å². The van der Waals surface area contributed by atoms with Crippen molar-refractivity contribution in [3.05, 3.63) is 87.9 Å². The van der Waals surface area contributed by atoms with E-state index in [4.69, 9.17) is 16.3 Å². The minimum Gasteiger partial charge on any atom is -0.489 e. The molecule has 1 heterocycles. The number of carbonyl (C=O) groups is 2. The lowest BCUT2D eigenvalue weighted by Crippen LogP contribution is -2.34. The minimum absolute atomic E-state index is 0.0749. The number of carboxylic acids is 1. The van der Waals surface area contributed by atoms with Crippen LogP contribution < -0.4 is 4.74 Å². The van der Waals surface area contributed by atoms with Gasteiger partial charge in [0.2, 0.25) is 0 Å². The Labute approximate surface area is 198 Å². The summed E-state index contributed by atoms with van der Waals surface area (Å²) in [5, 5.41) is 9.54. The first-order chi connectivity index (χ1) is 15.9. The fourth-order valence-corrected chi connectivity index (χ4v) is 4.51. The van der Waals surface area contributed by atoms with Crippen molar-refractivity contribution in [1.82, 2.24) is 4.90 Å². The summed E-state index contributed by atoms with van der Waals surface area (Å²) >= 11 is 5.99. The Hall–Kier alpha value is -3.31. The molecule has 0 saturated heterocycles. The zero-order chi connectivity index (χ0) is 23.5.